The van der Waals surface area contributed by atoms with E-state index in [-0.39, 0.29) is 17.7 Å². The molecule has 7 heteroatoms. The molecule has 2 aromatic rings. The van der Waals surface area contributed by atoms with E-state index in [2.05, 4.69) is 24.5 Å². The number of amides is 1. The average molecular weight is 493 g/mol. The van der Waals surface area contributed by atoms with Gasteiger partial charge in [-0.2, -0.15) is 4.31 Å². The summed E-state index contributed by atoms with van der Waals surface area (Å²) in [7, 11) is -1.69. The molecule has 1 heterocycles. The molecule has 0 saturated heterocycles. The summed E-state index contributed by atoms with van der Waals surface area (Å²) in [6, 6.07) is 11.9. The first-order valence-electron chi connectivity index (χ1n) is 11.7. The van der Waals surface area contributed by atoms with Gasteiger partial charge in [-0.05, 0) is 64.3 Å². The SMILES string of the molecule is C=C/C=C(\C=C)C1CC1C(=O)NCc1ccc(-c2cccc(OC)c2)c2c1CN(S(C)(=O)=O)CC2. The van der Waals surface area contributed by atoms with Crippen LogP contribution in [0.15, 0.2) is 73.4 Å². The Morgan fingerprint density at radius 1 is 1.20 bits per heavy atom. The second-order valence-corrected chi connectivity index (χ2v) is 11.1. The highest BCUT2D eigenvalue weighted by molar-refractivity contribution is 7.88. The minimum Gasteiger partial charge on any atom is -0.497 e. The Kier molecular flexibility index (Phi) is 7.28. The van der Waals surface area contributed by atoms with Gasteiger partial charge < -0.3 is 10.1 Å². The average Bonchev–Trinajstić information content (AvgIpc) is 3.65. The second kappa shape index (κ2) is 10.2. The van der Waals surface area contributed by atoms with Crippen molar-refractivity contribution < 1.29 is 17.9 Å². The molecule has 2 atom stereocenters. The molecule has 1 aliphatic carbocycles. The smallest absolute Gasteiger partial charge is 0.224 e. The molecule has 35 heavy (non-hydrogen) atoms. The number of sulfonamides is 1. The van der Waals surface area contributed by atoms with Crippen molar-refractivity contribution in [3.63, 3.8) is 0 Å². The summed E-state index contributed by atoms with van der Waals surface area (Å²) < 4.78 is 31.5. The van der Waals surface area contributed by atoms with Crippen molar-refractivity contribution in [3.05, 3.63) is 90.0 Å². The second-order valence-electron chi connectivity index (χ2n) is 9.08. The van der Waals surface area contributed by atoms with E-state index in [0.717, 1.165) is 45.6 Å². The van der Waals surface area contributed by atoms with Crippen LogP contribution in [-0.4, -0.2) is 38.5 Å². The molecule has 6 nitrogen and oxygen atoms in total. The van der Waals surface area contributed by atoms with E-state index in [1.165, 1.54) is 10.6 Å². The molecule has 1 amide bonds. The molecule has 1 saturated carbocycles. The lowest BCUT2D eigenvalue weighted by molar-refractivity contribution is -0.122. The van der Waals surface area contributed by atoms with Crippen LogP contribution in [0.25, 0.3) is 11.1 Å². The molecular weight excluding hydrogens is 460 g/mol. The van der Waals surface area contributed by atoms with Crippen LogP contribution in [0.2, 0.25) is 0 Å². The first kappa shape index (κ1) is 24.9. The van der Waals surface area contributed by atoms with Crippen LogP contribution in [-0.2, 0) is 34.3 Å². The normalized spacial score (nSPS) is 20.0. The van der Waals surface area contributed by atoms with E-state index in [1.807, 2.05) is 36.4 Å². The number of hydrogen-bond donors (Lipinski definition) is 1. The van der Waals surface area contributed by atoms with Gasteiger partial charge in [0, 0.05) is 25.6 Å². The molecule has 2 aliphatic rings. The molecule has 4 rings (SSSR count). The molecule has 2 unspecified atom stereocenters. The molecule has 0 bridgehead atoms. The molecule has 0 radical (unpaired) electrons. The van der Waals surface area contributed by atoms with Crippen LogP contribution in [0.1, 0.15) is 23.1 Å². The van der Waals surface area contributed by atoms with Crippen molar-refractivity contribution in [2.75, 3.05) is 19.9 Å². The largest absolute Gasteiger partial charge is 0.497 e. The highest BCUT2D eigenvalue weighted by Crippen LogP contribution is 2.45. The zero-order valence-electron chi connectivity index (χ0n) is 20.3. The van der Waals surface area contributed by atoms with E-state index in [0.29, 0.717) is 26.1 Å². The molecular formula is C28H32N2O4S. The number of hydrogen-bond acceptors (Lipinski definition) is 4. The minimum atomic E-state index is -3.33. The summed E-state index contributed by atoms with van der Waals surface area (Å²) >= 11 is 0. The predicted molar refractivity (Wildman–Crippen MR) is 139 cm³/mol. The summed E-state index contributed by atoms with van der Waals surface area (Å²) in [6.45, 7) is 8.65. The van der Waals surface area contributed by atoms with Crippen LogP contribution in [0.3, 0.4) is 0 Å². The van der Waals surface area contributed by atoms with Gasteiger partial charge in [0.05, 0.1) is 13.4 Å². The quantitative estimate of drug-likeness (QED) is 0.532. The van der Waals surface area contributed by atoms with E-state index in [9.17, 15) is 13.2 Å². The summed E-state index contributed by atoms with van der Waals surface area (Å²) in [5, 5.41) is 3.08. The lowest BCUT2D eigenvalue weighted by Gasteiger charge is -2.30. The molecule has 1 fully saturated rings. The number of ether oxygens (including phenoxy) is 1. The van der Waals surface area contributed by atoms with Gasteiger partial charge in [-0.3, -0.25) is 4.79 Å². The summed E-state index contributed by atoms with van der Waals surface area (Å²) in [4.78, 5) is 12.8. The molecule has 0 aromatic heterocycles. The molecule has 0 spiro atoms. The van der Waals surface area contributed by atoms with Gasteiger partial charge in [0.15, 0.2) is 0 Å². The van der Waals surface area contributed by atoms with Gasteiger partial charge in [0.2, 0.25) is 15.9 Å². The van der Waals surface area contributed by atoms with Gasteiger partial charge in [-0.1, -0.05) is 55.7 Å². The van der Waals surface area contributed by atoms with Crippen molar-refractivity contribution in [3.8, 4) is 16.9 Å². The maximum absolute atomic E-state index is 12.8. The standard InChI is InChI=1S/C28H32N2O4S/c1-5-8-19(6-2)25-16-26(25)28(31)29-17-21-11-12-23(20-9-7-10-22(15-20)34-3)24-13-14-30(18-27(21)24)35(4,32)33/h5-12,15,25-26H,1-2,13-14,16-18H2,3-4H3,(H,29,31)/b19-8+. The van der Waals surface area contributed by atoms with Gasteiger partial charge in [-0.25, -0.2) is 8.42 Å². The van der Waals surface area contributed by atoms with Crippen LogP contribution >= 0.6 is 0 Å². The van der Waals surface area contributed by atoms with Crippen molar-refractivity contribution in [2.24, 2.45) is 11.8 Å². The van der Waals surface area contributed by atoms with Crippen LogP contribution < -0.4 is 10.1 Å². The molecule has 1 N–H and O–H groups in total. The van der Waals surface area contributed by atoms with Crippen LogP contribution in [0, 0.1) is 11.8 Å². The third-order valence-corrected chi connectivity index (χ3v) is 8.13. The first-order chi connectivity index (χ1) is 16.8. The Morgan fingerprint density at radius 2 is 2.00 bits per heavy atom. The van der Waals surface area contributed by atoms with Gasteiger partial charge in [0.1, 0.15) is 5.75 Å². The number of carbonyl (C=O) groups is 1. The Labute approximate surface area is 208 Å². The van der Waals surface area contributed by atoms with Gasteiger partial charge in [0.25, 0.3) is 0 Å². The number of benzene rings is 2. The summed E-state index contributed by atoms with van der Waals surface area (Å²) in [5.74, 6) is 0.881. The molecule has 1 aliphatic heterocycles. The highest BCUT2D eigenvalue weighted by Gasteiger charge is 2.44. The number of nitrogens with zero attached hydrogens (tertiary/aromatic N) is 1. The van der Waals surface area contributed by atoms with Crippen molar-refractivity contribution in [1.29, 1.82) is 0 Å². The van der Waals surface area contributed by atoms with E-state index >= 15 is 0 Å². The van der Waals surface area contributed by atoms with Crippen LogP contribution in [0.5, 0.6) is 5.75 Å². The van der Waals surface area contributed by atoms with Crippen molar-refractivity contribution in [1.82, 2.24) is 9.62 Å². The van der Waals surface area contributed by atoms with Gasteiger partial charge >= 0.3 is 0 Å². The summed E-state index contributed by atoms with van der Waals surface area (Å²) in [6.07, 6.45) is 8.05. The maximum Gasteiger partial charge on any atom is 0.224 e. The van der Waals surface area contributed by atoms with Crippen LogP contribution in [0.4, 0.5) is 0 Å². The number of rotatable bonds is 9. The zero-order chi connectivity index (χ0) is 25.2. The molecule has 2 aromatic carbocycles. The maximum atomic E-state index is 12.8. The fourth-order valence-corrected chi connectivity index (χ4v) is 5.66. The Morgan fingerprint density at radius 3 is 2.69 bits per heavy atom. The molecule has 184 valence electrons. The highest BCUT2D eigenvalue weighted by atomic mass is 32.2. The van der Waals surface area contributed by atoms with Gasteiger partial charge in [-0.15, -0.1) is 0 Å². The summed E-state index contributed by atoms with van der Waals surface area (Å²) in [5.41, 5.74) is 6.15. The monoisotopic (exact) mass is 492 g/mol. The third-order valence-electron chi connectivity index (χ3n) is 6.88. The number of methoxy groups -OCH3 is 1. The minimum absolute atomic E-state index is 0.00760. The number of carbonyl (C=O) groups excluding carboxylic acids is 1. The topological polar surface area (TPSA) is 75.7 Å². The van der Waals surface area contributed by atoms with Crippen molar-refractivity contribution >= 4 is 15.9 Å². The Bertz CT molecular complexity index is 1300. The zero-order valence-corrected chi connectivity index (χ0v) is 21.1. The number of nitrogens with one attached hydrogen (secondary N) is 1. The lowest BCUT2D eigenvalue weighted by Crippen LogP contribution is -2.36. The van der Waals surface area contributed by atoms with Crippen molar-refractivity contribution in [2.45, 2.75) is 25.9 Å². The fraction of sp³-hybridized carbons (Fsp3) is 0.321. The Balaban J connectivity index is 1.60. The van der Waals surface area contributed by atoms with E-state index < -0.39 is 10.0 Å². The first-order valence-corrected chi connectivity index (χ1v) is 13.6. The van der Waals surface area contributed by atoms with E-state index in [1.54, 1.807) is 19.3 Å². The third kappa shape index (κ3) is 5.41. The predicted octanol–water partition coefficient (Wildman–Crippen LogP) is 4.23. The lowest BCUT2D eigenvalue weighted by atomic mass is 9.88. The number of fused-ring (bicyclic) bond motifs is 1. The fourth-order valence-electron chi connectivity index (χ4n) is 4.87. The number of allylic oxidation sites excluding steroid dienone is 4. The van der Waals surface area contributed by atoms with E-state index in [4.69, 9.17) is 4.74 Å². The Hall–Kier alpha value is -3.16.